The summed E-state index contributed by atoms with van der Waals surface area (Å²) in [6.45, 7) is 5.26. The fourth-order valence-electron chi connectivity index (χ4n) is 5.44. The lowest BCUT2D eigenvalue weighted by atomic mass is 9.83. The fourth-order valence-corrected chi connectivity index (χ4v) is 5.44. The molecule has 0 heterocycles. The summed E-state index contributed by atoms with van der Waals surface area (Å²) in [6, 6.07) is 26.8. The van der Waals surface area contributed by atoms with Crippen molar-refractivity contribution in [3.63, 3.8) is 0 Å². The largest absolute Gasteiger partial charge is 0.382 e. The summed E-state index contributed by atoms with van der Waals surface area (Å²) in [5.41, 5.74) is 15.3. The van der Waals surface area contributed by atoms with E-state index in [0.29, 0.717) is 18.5 Å². The smallest absolute Gasteiger partial charge is 0.0431 e. The zero-order valence-electron chi connectivity index (χ0n) is 21.9. The zero-order valence-corrected chi connectivity index (χ0v) is 21.9. The van der Waals surface area contributed by atoms with Crippen LogP contribution in [-0.4, -0.2) is 18.8 Å². The lowest BCUT2D eigenvalue weighted by molar-refractivity contribution is 0.462. The number of rotatable bonds is 10. The van der Waals surface area contributed by atoms with Crippen molar-refractivity contribution >= 4 is 23.0 Å². The van der Waals surface area contributed by atoms with Crippen LogP contribution in [0.25, 0.3) is 11.1 Å². The molecule has 36 heavy (non-hydrogen) atoms. The maximum absolute atomic E-state index is 8.20. The van der Waals surface area contributed by atoms with Crippen LogP contribution >= 0.6 is 0 Å². The van der Waals surface area contributed by atoms with Crippen LogP contribution in [0.3, 0.4) is 0 Å². The molecule has 0 aliphatic heterocycles. The van der Waals surface area contributed by atoms with Gasteiger partial charge >= 0.3 is 0 Å². The summed E-state index contributed by atoms with van der Waals surface area (Å²) < 4.78 is 0. The standard InChI is InChI=1S/C33H41N3/c1-24(2)32(26-11-5-3-6-12-26)33(27-17-15-25(16-18-27)10-9-21-34)28-19-20-31(29(22-28)23-35)36-30-13-7-4-8-14-30/h3,5-6,11-12,15-20,22-24,30,35-36H,4,7-10,13-14,21,34H2,1-2H3/b33-32+,35-23?. The molecule has 3 heteroatoms. The molecule has 0 spiro atoms. The number of anilines is 1. The molecule has 0 radical (unpaired) electrons. The molecule has 4 N–H and O–H groups in total. The number of allylic oxidation sites excluding steroid dienone is 1. The average molecular weight is 480 g/mol. The fraction of sp³-hybridized carbons (Fsp3) is 0.364. The molecule has 1 aliphatic carbocycles. The maximum atomic E-state index is 8.20. The molecule has 0 saturated heterocycles. The Labute approximate surface area is 217 Å². The summed E-state index contributed by atoms with van der Waals surface area (Å²) >= 11 is 0. The van der Waals surface area contributed by atoms with Crippen LogP contribution in [0.1, 0.15) is 80.2 Å². The Morgan fingerprint density at radius 2 is 1.61 bits per heavy atom. The van der Waals surface area contributed by atoms with E-state index < -0.39 is 0 Å². The summed E-state index contributed by atoms with van der Waals surface area (Å²) in [7, 11) is 0. The van der Waals surface area contributed by atoms with Crippen molar-refractivity contribution in [1.29, 1.82) is 5.41 Å². The molecule has 4 rings (SSSR count). The first-order chi connectivity index (χ1) is 17.6. The molecule has 0 unspecified atom stereocenters. The van der Waals surface area contributed by atoms with Crippen molar-refractivity contribution in [2.45, 2.75) is 64.8 Å². The molecule has 3 aromatic rings. The molecule has 188 valence electrons. The van der Waals surface area contributed by atoms with Gasteiger partial charge in [0, 0.05) is 23.5 Å². The Hall–Kier alpha value is -3.17. The van der Waals surface area contributed by atoms with Gasteiger partial charge in [0.05, 0.1) is 0 Å². The molecule has 1 fully saturated rings. The Kier molecular flexibility index (Phi) is 9.13. The third kappa shape index (κ3) is 6.33. The number of aryl methyl sites for hydroxylation is 1. The highest BCUT2D eigenvalue weighted by Crippen LogP contribution is 2.38. The Bertz CT molecular complexity index is 1150. The normalized spacial score (nSPS) is 15.0. The predicted octanol–water partition coefficient (Wildman–Crippen LogP) is 7.94. The minimum absolute atomic E-state index is 0.336. The van der Waals surface area contributed by atoms with Crippen LogP contribution in [0.15, 0.2) is 72.8 Å². The van der Waals surface area contributed by atoms with Crippen molar-refractivity contribution in [3.05, 3.63) is 101 Å². The van der Waals surface area contributed by atoms with Crippen LogP contribution < -0.4 is 11.1 Å². The molecule has 0 atom stereocenters. The second-order valence-electron chi connectivity index (χ2n) is 10.3. The van der Waals surface area contributed by atoms with Crippen LogP contribution in [0, 0.1) is 11.3 Å². The summed E-state index contributed by atoms with van der Waals surface area (Å²) in [4.78, 5) is 0. The van der Waals surface area contributed by atoms with Crippen LogP contribution in [0.5, 0.6) is 0 Å². The van der Waals surface area contributed by atoms with Gasteiger partial charge in [0.15, 0.2) is 0 Å². The third-order valence-electron chi connectivity index (χ3n) is 7.30. The molecule has 0 amide bonds. The first-order valence-corrected chi connectivity index (χ1v) is 13.6. The second-order valence-corrected chi connectivity index (χ2v) is 10.3. The number of hydrogen-bond acceptors (Lipinski definition) is 3. The van der Waals surface area contributed by atoms with Crippen molar-refractivity contribution in [2.75, 3.05) is 11.9 Å². The molecule has 0 aromatic heterocycles. The first kappa shape index (κ1) is 25.9. The van der Waals surface area contributed by atoms with E-state index in [2.05, 4.69) is 92.0 Å². The molecule has 3 aromatic carbocycles. The lowest BCUT2D eigenvalue weighted by Crippen LogP contribution is -2.22. The van der Waals surface area contributed by atoms with Gasteiger partial charge in [-0.15, -0.1) is 0 Å². The molecule has 0 bridgehead atoms. The van der Waals surface area contributed by atoms with Crippen molar-refractivity contribution in [1.82, 2.24) is 0 Å². The van der Waals surface area contributed by atoms with E-state index in [-0.39, 0.29) is 0 Å². The highest BCUT2D eigenvalue weighted by atomic mass is 14.9. The topological polar surface area (TPSA) is 61.9 Å². The molecular formula is C33H41N3. The van der Waals surface area contributed by atoms with Gasteiger partial charge in [-0.2, -0.15) is 0 Å². The van der Waals surface area contributed by atoms with Gasteiger partial charge in [0.1, 0.15) is 0 Å². The van der Waals surface area contributed by atoms with E-state index >= 15 is 0 Å². The average Bonchev–Trinajstić information content (AvgIpc) is 2.92. The van der Waals surface area contributed by atoms with E-state index in [1.807, 2.05) is 0 Å². The summed E-state index contributed by atoms with van der Waals surface area (Å²) in [6.07, 6.45) is 9.85. The molecule has 1 saturated carbocycles. The number of nitrogens with two attached hydrogens (primary N) is 1. The summed E-state index contributed by atoms with van der Waals surface area (Å²) in [5.74, 6) is 0.336. The molecule has 3 nitrogen and oxygen atoms in total. The van der Waals surface area contributed by atoms with Gasteiger partial charge in [0.25, 0.3) is 0 Å². The van der Waals surface area contributed by atoms with Gasteiger partial charge in [0.2, 0.25) is 0 Å². The van der Waals surface area contributed by atoms with E-state index in [9.17, 15) is 0 Å². The lowest BCUT2D eigenvalue weighted by Gasteiger charge is -2.25. The second kappa shape index (κ2) is 12.7. The quantitative estimate of drug-likeness (QED) is 0.204. The van der Waals surface area contributed by atoms with Gasteiger partial charge in [-0.3, -0.25) is 0 Å². The highest BCUT2D eigenvalue weighted by Gasteiger charge is 2.19. The van der Waals surface area contributed by atoms with Crippen LogP contribution in [0.4, 0.5) is 5.69 Å². The predicted molar refractivity (Wildman–Crippen MR) is 156 cm³/mol. The Morgan fingerprint density at radius 3 is 2.25 bits per heavy atom. The minimum atomic E-state index is 0.336. The van der Waals surface area contributed by atoms with Gasteiger partial charge < -0.3 is 16.5 Å². The Balaban J connectivity index is 1.81. The number of nitrogens with one attached hydrogen (secondary N) is 2. The van der Waals surface area contributed by atoms with Gasteiger partial charge in [-0.25, -0.2) is 0 Å². The van der Waals surface area contributed by atoms with E-state index in [0.717, 1.165) is 29.7 Å². The van der Waals surface area contributed by atoms with Crippen LogP contribution in [-0.2, 0) is 6.42 Å². The Morgan fingerprint density at radius 1 is 0.917 bits per heavy atom. The van der Waals surface area contributed by atoms with Crippen LogP contribution in [0.2, 0.25) is 0 Å². The SMILES string of the molecule is CC(C)/C(=C(/c1ccc(CCCN)cc1)c1ccc(NC2CCCCC2)c(C=N)c1)c1ccccc1. The highest BCUT2D eigenvalue weighted by molar-refractivity contribution is 6.00. The van der Waals surface area contributed by atoms with Crippen molar-refractivity contribution in [3.8, 4) is 0 Å². The van der Waals surface area contributed by atoms with Gasteiger partial charge in [-0.05, 0) is 83.7 Å². The number of hydrogen-bond donors (Lipinski definition) is 3. The van der Waals surface area contributed by atoms with E-state index in [4.69, 9.17) is 11.1 Å². The van der Waals surface area contributed by atoms with E-state index in [1.165, 1.54) is 66.2 Å². The summed E-state index contributed by atoms with van der Waals surface area (Å²) in [5, 5.41) is 11.9. The van der Waals surface area contributed by atoms with Gasteiger partial charge in [-0.1, -0.05) is 93.8 Å². The first-order valence-electron chi connectivity index (χ1n) is 13.6. The number of benzene rings is 3. The molecular weight excluding hydrogens is 438 g/mol. The minimum Gasteiger partial charge on any atom is -0.382 e. The zero-order chi connectivity index (χ0) is 25.3. The maximum Gasteiger partial charge on any atom is 0.0431 e. The van der Waals surface area contributed by atoms with E-state index in [1.54, 1.807) is 0 Å². The monoisotopic (exact) mass is 479 g/mol. The van der Waals surface area contributed by atoms with Crippen molar-refractivity contribution < 1.29 is 0 Å². The third-order valence-corrected chi connectivity index (χ3v) is 7.30. The molecule has 1 aliphatic rings. The van der Waals surface area contributed by atoms with Crippen molar-refractivity contribution in [2.24, 2.45) is 11.7 Å².